The molecule has 0 radical (unpaired) electrons. The fourth-order valence-corrected chi connectivity index (χ4v) is 2.77. The van der Waals surface area contributed by atoms with Crippen LogP contribution < -0.4 is 15.4 Å². The van der Waals surface area contributed by atoms with Crippen LogP contribution in [0.25, 0.3) is 0 Å². The van der Waals surface area contributed by atoms with Gasteiger partial charge in [-0.3, -0.25) is 14.5 Å². The minimum absolute atomic E-state index is 0.254. The number of hydrogen-bond acceptors (Lipinski definition) is 4. The summed E-state index contributed by atoms with van der Waals surface area (Å²) in [6.45, 7) is 5.36. The van der Waals surface area contributed by atoms with Gasteiger partial charge in [0.1, 0.15) is 18.3 Å². The van der Waals surface area contributed by atoms with Crippen molar-refractivity contribution in [2.24, 2.45) is 5.92 Å². The van der Waals surface area contributed by atoms with Gasteiger partial charge in [0.05, 0.1) is 12.8 Å². The standard InChI is InChI=1S/C17H22ClN3O4/c1-9(2)5-13-16(23)21(17(24)20-13)8-15(22)19-12-6-10(3)11(18)7-14(12)25-4/h6-7,9,13H,5,8H2,1-4H3,(H,19,22)(H,20,24). The number of anilines is 1. The van der Waals surface area contributed by atoms with E-state index >= 15 is 0 Å². The van der Waals surface area contributed by atoms with Gasteiger partial charge in [0.2, 0.25) is 5.91 Å². The second-order valence-electron chi connectivity index (χ2n) is 6.41. The van der Waals surface area contributed by atoms with E-state index in [1.807, 2.05) is 13.8 Å². The predicted molar refractivity (Wildman–Crippen MR) is 94.9 cm³/mol. The Bertz CT molecular complexity index is 705. The van der Waals surface area contributed by atoms with Gasteiger partial charge in [-0.15, -0.1) is 0 Å². The number of carbonyl (C=O) groups excluding carboxylic acids is 3. The van der Waals surface area contributed by atoms with E-state index in [1.54, 1.807) is 19.1 Å². The number of methoxy groups -OCH3 is 1. The molecule has 0 aliphatic carbocycles. The Morgan fingerprint density at radius 2 is 2.08 bits per heavy atom. The zero-order chi connectivity index (χ0) is 18.7. The van der Waals surface area contributed by atoms with Crippen LogP contribution in [0.4, 0.5) is 10.5 Å². The minimum atomic E-state index is -0.576. The molecule has 0 saturated carbocycles. The highest BCUT2D eigenvalue weighted by atomic mass is 35.5. The molecule has 1 saturated heterocycles. The van der Waals surface area contributed by atoms with Gasteiger partial charge < -0.3 is 15.4 Å². The van der Waals surface area contributed by atoms with Crippen LogP contribution in [-0.4, -0.2) is 42.4 Å². The first-order valence-corrected chi connectivity index (χ1v) is 8.36. The van der Waals surface area contributed by atoms with Crippen molar-refractivity contribution in [2.75, 3.05) is 19.0 Å². The van der Waals surface area contributed by atoms with Crippen molar-refractivity contribution >= 4 is 35.1 Å². The summed E-state index contributed by atoms with van der Waals surface area (Å²) >= 11 is 6.04. The lowest BCUT2D eigenvalue weighted by atomic mass is 10.0. The molecule has 0 aromatic heterocycles. The number of amides is 4. The van der Waals surface area contributed by atoms with Crippen molar-refractivity contribution in [2.45, 2.75) is 33.2 Å². The number of rotatable bonds is 6. The van der Waals surface area contributed by atoms with Crippen LogP contribution in [0.1, 0.15) is 25.8 Å². The van der Waals surface area contributed by atoms with Crippen molar-refractivity contribution in [3.63, 3.8) is 0 Å². The monoisotopic (exact) mass is 367 g/mol. The maximum Gasteiger partial charge on any atom is 0.325 e. The minimum Gasteiger partial charge on any atom is -0.495 e. The van der Waals surface area contributed by atoms with E-state index in [2.05, 4.69) is 10.6 Å². The van der Waals surface area contributed by atoms with Crippen molar-refractivity contribution in [1.82, 2.24) is 10.2 Å². The number of nitrogens with one attached hydrogen (secondary N) is 2. The molecule has 2 N–H and O–H groups in total. The zero-order valence-electron chi connectivity index (χ0n) is 14.7. The van der Waals surface area contributed by atoms with E-state index in [-0.39, 0.29) is 18.4 Å². The maximum atomic E-state index is 12.3. The molecule has 1 aromatic carbocycles. The highest BCUT2D eigenvalue weighted by Crippen LogP contribution is 2.31. The Morgan fingerprint density at radius 3 is 2.68 bits per heavy atom. The van der Waals surface area contributed by atoms with Crippen LogP contribution in [0.5, 0.6) is 5.75 Å². The van der Waals surface area contributed by atoms with Crippen LogP contribution in [0.15, 0.2) is 12.1 Å². The molecule has 1 fully saturated rings. The molecule has 1 aromatic rings. The van der Waals surface area contributed by atoms with Crippen molar-refractivity contribution < 1.29 is 19.1 Å². The summed E-state index contributed by atoms with van der Waals surface area (Å²) in [5, 5.41) is 5.78. The maximum absolute atomic E-state index is 12.3. The summed E-state index contributed by atoms with van der Waals surface area (Å²) in [7, 11) is 1.46. The average Bonchev–Trinajstić information content (AvgIpc) is 2.77. The number of benzene rings is 1. The highest BCUT2D eigenvalue weighted by Gasteiger charge is 2.39. The lowest BCUT2D eigenvalue weighted by molar-refractivity contribution is -0.131. The summed E-state index contributed by atoms with van der Waals surface area (Å²) in [6, 6.07) is 2.14. The van der Waals surface area contributed by atoms with Crippen LogP contribution >= 0.6 is 11.6 Å². The molecule has 7 nitrogen and oxygen atoms in total. The molecule has 4 amide bonds. The molecule has 136 valence electrons. The Balaban J connectivity index is 2.07. The first-order valence-electron chi connectivity index (χ1n) is 7.98. The van der Waals surface area contributed by atoms with Gasteiger partial charge in [-0.05, 0) is 30.9 Å². The van der Waals surface area contributed by atoms with Crippen LogP contribution in [-0.2, 0) is 9.59 Å². The molecule has 1 aliphatic heterocycles. The van der Waals surface area contributed by atoms with E-state index < -0.39 is 18.0 Å². The SMILES string of the molecule is COc1cc(Cl)c(C)cc1NC(=O)CN1C(=O)NC(CC(C)C)C1=O. The highest BCUT2D eigenvalue weighted by molar-refractivity contribution is 6.31. The Morgan fingerprint density at radius 1 is 1.40 bits per heavy atom. The van der Waals surface area contributed by atoms with E-state index in [1.165, 1.54) is 7.11 Å². The number of imide groups is 1. The van der Waals surface area contributed by atoms with Crippen molar-refractivity contribution in [1.29, 1.82) is 0 Å². The third-order valence-electron chi connectivity index (χ3n) is 3.87. The second kappa shape index (κ2) is 7.74. The number of carbonyl (C=O) groups is 3. The molecule has 1 atom stereocenters. The second-order valence-corrected chi connectivity index (χ2v) is 6.81. The number of ether oxygens (including phenoxy) is 1. The Labute approximate surface area is 151 Å². The van der Waals surface area contributed by atoms with E-state index in [0.29, 0.717) is 22.9 Å². The number of urea groups is 1. The normalized spacial score (nSPS) is 17.0. The Hall–Kier alpha value is -2.28. The molecule has 1 unspecified atom stereocenters. The molecule has 1 heterocycles. The van der Waals surface area contributed by atoms with Crippen LogP contribution in [0.3, 0.4) is 0 Å². The number of halogens is 1. The number of aryl methyl sites for hydroxylation is 1. The van der Waals surface area contributed by atoms with Gasteiger partial charge in [-0.25, -0.2) is 4.79 Å². The summed E-state index contributed by atoms with van der Waals surface area (Å²) < 4.78 is 5.20. The lowest BCUT2D eigenvalue weighted by Crippen LogP contribution is -2.38. The smallest absolute Gasteiger partial charge is 0.325 e. The first-order chi connectivity index (χ1) is 11.7. The first kappa shape index (κ1) is 19.1. The molecule has 0 bridgehead atoms. The Kier molecular flexibility index (Phi) is 5.89. The zero-order valence-corrected chi connectivity index (χ0v) is 15.4. The number of nitrogens with zero attached hydrogens (tertiary/aromatic N) is 1. The van der Waals surface area contributed by atoms with E-state index in [9.17, 15) is 14.4 Å². The molecule has 8 heteroatoms. The molecular formula is C17H22ClN3O4. The largest absolute Gasteiger partial charge is 0.495 e. The molecule has 25 heavy (non-hydrogen) atoms. The number of hydrogen-bond donors (Lipinski definition) is 2. The third-order valence-corrected chi connectivity index (χ3v) is 4.28. The van der Waals surface area contributed by atoms with Crippen LogP contribution in [0.2, 0.25) is 5.02 Å². The molecular weight excluding hydrogens is 346 g/mol. The van der Waals surface area contributed by atoms with Crippen molar-refractivity contribution in [3.05, 3.63) is 22.7 Å². The fourth-order valence-electron chi connectivity index (χ4n) is 2.62. The fraction of sp³-hybridized carbons (Fsp3) is 0.471. The lowest BCUT2D eigenvalue weighted by Gasteiger charge is -2.15. The van der Waals surface area contributed by atoms with Crippen LogP contribution in [0, 0.1) is 12.8 Å². The quantitative estimate of drug-likeness (QED) is 0.756. The van der Waals surface area contributed by atoms with Gasteiger partial charge in [-0.1, -0.05) is 25.4 Å². The molecule has 1 aliphatic rings. The van der Waals surface area contributed by atoms with E-state index in [0.717, 1.165) is 10.5 Å². The summed E-state index contributed by atoms with van der Waals surface area (Å²) in [4.78, 5) is 37.4. The third kappa shape index (κ3) is 4.42. The van der Waals surface area contributed by atoms with E-state index in [4.69, 9.17) is 16.3 Å². The van der Waals surface area contributed by atoms with Gasteiger partial charge in [0, 0.05) is 11.1 Å². The predicted octanol–water partition coefficient (Wildman–Crippen LogP) is 2.56. The van der Waals surface area contributed by atoms with Gasteiger partial charge in [0.15, 0.2) is 0 Å². The topological polar surface area (TPSA) is 87.7 Å². The van der Waals surface area contributed by atoms with Crippen molar-refractivity contribution in [3.8, 4) is 5.75 Å². The molecule has 2 rings (SSSR count). The summed E-state index contributed by atoms with van der Waals surface area (Å²) in [5.41, 5.74) is 1.20. The van der Waals surface area contributed by atoms with Gasteiger partial charge >= 0.3 is 6.03 Å². The van der Waals surface area contributed by atoms with Gasteiger partial charge in [0.25, 0.3) is 5.91 Å². The average molecular weight is 368 g/mol. The molecule has 0 spiro atoms. The summed E-state index contributed by atoms with van der Waals surface area (Å²) in [6.07, 6.45) is 0.535. The van der Waals surface area contributed by atoms with Gasteiger partial charge in [-0.2, -0.15) is 0 Å². The summed E-state index contributed by atoms with van der Waals surface area (Å²) in [5.74, 6) is -0.218.